The minimum atomic E-state index is -0.819. The molecule has 2 aliphatic heterocycles. The standard InChI is InChI=1S/C23H22F2N4O2/c24-16-2-5-19(20(25)9-16)23(7-8-23)31-14-22(30)28-12-17-3-4-18(13-28)29(17)21-6-1-15(10-26)11-27-21/h1-2,5-6,9,11,17-18H,3-4,7-8,12-14H2. The number of piperazine rings is 1. The second-order valence-electron chi connectivity index (χ2n) is 8.51. The van der Waals surface area contributed by atoms with E-state index in [1.54, 1.807) is 12.3 Å². The summed E-state index contributed by atoms with van der Waals surface area (Å²) < 4.78 is 33.3. The third-order valence-corrected chi connectivity index (χ3v) is 6.57. The van der Waals surface area contributed by atoms with Crippen LogP contribution in [-0.4, -0.2) is 47.6 Å². The molecule has 8 heteroatoms. The van der Waals surface area contributed by atoms with E-state index in [-0.39, 0.29) is 24.6 Å². The number of hydrogen-bond acceptors (Lipinski definition) is 5. The third-order valence-electron chi connectivity index (χ3n) is 6.57. The summed E-state index contributed by atoms with van der Waals surface area (Å²) in [6, 6.07) is 9.53. The number of ether oxygens (including phenoxy) is 1. The Hall–Kier alpha value is -3.05. The molecule has 1 saturated carbocycles. The molecule has 160 valence electrons. The quantitative estimate of drug-likeness (QED) is 0.738. The number of anilines is 1. The second-order valence-corrected chi connectivity index (χ2v) is 8.51. The highest BCUT2D eigenvalue weighted by Crippen LogP contribution is 2.50. The molecule has 1 aromatic carbocycles. The number of aromatic nitrogens is 1. The molecule has 31 heavy (non-hydrogen) atoms. The number of nitriles is 1. The van der Waals surface area contributed by atoms with Crippen molar-refractivity contribution < 1.29 is 18.3 Å². The average Bonchev–Trinajstić information content (AvgIpc) is 3.51. The molecule has 6 nitrogen and oxygen atoms in total. The molecule has 5 rings (SSSR count). The fourth-order valence-corrected chi connectivity index (χ4v) is 4.84. The van der Waals surface area contributed by atoms with Crippen LogP contribution in [0.25, 0.3) is 0 Å². The van der Waals surface area contributed by atoms with Crippen molar-refractivity contribution in [1.29, 1.82) is 5.26 Å². The monoisotopic (exact) mass is 424 g/mol. The molecule has 3 fully saturated rings. The number of hydrogen-bond donors (Lipinski definition) is 0. The zero-order chi connectivity index (χ0) is 21.6. The van der Waals surface area contributed by atoms with Crippen molar-refractivity contribution in [3.05, 3.63) is 59.3 Å². The first-order valence-electron chi connectivity index (χ1n) is 10.5. The van der Waals surface area contributed by atoms with Crippen LogP contribution in [0.5, 0.6) is 0 Å². The van der Waals surface area contributed by atoms with Crippen LogP contribution in [0, 0.1) is 23.0 Å². The Morgan fingerprint density at radius 3 is 2.52 bits per heavy atom. The summed E-state index contributed by atoms with van der Waals surface area (Å²) in [5.41, 5.74) is 0.0211. The van der Waals surface area contributed by atoms with E-state index in [4.69, 9.17) is 10.00 Å². The molecule has 1 amide bonds. The molecular weight excluding hydrogens is 402 g/mol. The number of fused-ring (bicyclic) bond motifs is 2. The summed E-state index contributed by atoms with van der Waals surface area (Å²) in [7, 11) is 0. The van der Waals surface area contributed by atoms with E-state index in [9.17, 15) is 13.6 Å². The van der Waals surface area contributed by atoms with Crippen LogP contribution in [0.4, 0.5) is 14.6 Å². The molecule has 2 atom stereocenters. The summed E-state index contributed by atoms with van der Waals surface area (Å²) >= 11 is 0. The van der Waals surface area contributed by atoms with Crippen molar-refractivity contribution in [3.63, 3.8) is 0 Å². The number of likely N-dealkylation sites (tertiary alicyclic amines) is 1. The van der Waals surface area contributed by atoms with Gasteiger partial charge < -0.3 is 14.5 Å². The molecule has 2 saturated heterocycles. The van der Waals surface area contributed by atoms with E-state index in [1.165, 1.54) is 12.1 Å². The number of carbonyl (C=O) groups excluding carboxylic acids is 1. The van der Waals surface area contributed by atoms with Crippen molar-refractivity contribution in [2.24, 2.45) is 0 Å². The summed E-state index contributed by atoms with van der Waals surface area (Å²) in [4.78, 5) is 21.4. The normalized spacial score (nSPS) is 23.5. The van der Waals surface area contributed by atoms with Crippen LogP contribution in [-0.2, 0) is 15.1 Å². The van der Waals surface area contributed by atoms with Gasteiger partial charge in [0, 0.05) is 43.0 Å². The molecule has 3 aliphatic rings. The van der Waals surface area contributed by atoms with Gasteiger partial charge in [0.1, 0.15) is 30.1 Å². The lowest BCUT2D eigenvalue weighted by Crippen LogP contribution is -2.56. The van der Waals surface area contributed by atoms with Gasteiger partial charge in [-0.25, -0.2) is 13.8 Å². The SMILES string of the molecule is N#Cc1ccc(N2C3CCC2CN(C(=O)COC2(c4ccc(F)cc4F)CC2)C3)nc1. The van der Waals surface area contributed by atoms with Gasteiger partial charge in [-0.3, -0.25) is 4.79 Å². The van der Waals surface area contributed by atoms with Crippen molar-refractivity contribution in [1.82, 2.24) is 9.88 Å². The highest BCUT2D eigenvalue weighted by atomic mass is 19.1. The van der Waals surface area contributed by atoms with Crippen molar-refractivity contribution in [3.8, 4) is 6.07 Å². The van der Waals surface area contributed by atoms with Crippen molar-refractivity contribution in [2.45, 2.75) is 43.4 Å². The van der Waals surface area contributed by atoms with Gasteiger partial charge in [0.25, 0.3) is 0 Å². The molecular formula is C23H22F2N4O2. The summed E-state index contributed by atoms with van der Waals surface area (Å²) in [6.45, 7) is 1.04. The van der Waals surface area contributed by atoms with E-state index < -0.39 is 17.2 Å². The Morgan fingerprint density at radius 2 is 1.94 bits per heavy atom. The maximum Gasteiger partial charge on any atom is 0.248 e. The second kappa shape index (κ2) is 7.57. The molecule has 0 N–H and O–H groups in total. The minimum Gasteiger partial charge on any atom is -0.360 e. The van der Waals surface area contributed by atoms with Gasteiger partial charge in [-0.05, 0) is 43.9 Å². The Kier molecular flexibility index (Phi) is 4.86. The smallest absolute Gasteiger partial charge is 0.248 e. The zero-order valence-corrected chi connectivity index (χ0v) is 16.9. The van der Waals surface area contributed by atoms with Crippen molar-refractivity contribution >= 4 is 11.7 Å². The van der Waals surface area contributed by atoms with Crippen LogP contribution in [0.15, 0.2) is 36.5 Å². The first-order chi connectivity index (χ1) is 15.0. The van der Waals surface area contributed by atoms with Crippen molar-refractivity contribution in [2.75, 3.05) is 24.6 Å². The lowest BCUT2D eigenvalue weighted by molar-refractivity contribution is -0.140. The van der Waals surface area contributed by atoms with Gasteiger partial charge in [-0.2, -0.15) is 5.26 Å². The number of benzene rings is 1. The molecule has 2 bridgehead atoms. The number of amides is 1. The van der Waals surface area contributed by atoms with Gasteiger partial charge in [-0.1, -0.05) is 6.07 Å². The van der Waals surface area contributed by atoms with Crippen LogP contribution in [0.1, 0.15) is 36.8 Å². The Morgan fingerprint density at radius 1 is 1.19 bits per heavy atom. The predicted molar refractivity (Wildman–Crippen MR) is 108 cm³/mol. The Balaban J connectivity index is 1.22. The number of rotatable bonds is 5. The van der Waals surface area contributed by atoms with E-state index in [0.717, 1.165) is 24.7 Å². The number of halogens is 2. The predicted octanol–water partition coefficient (Wildman–Crippen LogP) is 3.12. The zero-order valence-electron chi connectivity index (χ0n) is 16.9. The van der Waals surface area contributed by atoms with Crippen LogP contribution < -0.4 is 4.90 Å². The minimum absolute atomic E-state index is 0.113. The first-order valence-corrected chi connectivity index (χ1v) is 10.5. The summed E-state index contributed by atoms with van der Waals surface area (Å²) in [6.07, 6.45) is 4.76. The number of carbonyl (C=O) groups is 1. The average molecular weight is 424 g/mol. The largest absolute Gasteiger partial charge is 0.360 e. The number of pyridine rings is 1. The fourth-order valence-electron chi connectivity index (χ4n) is 4.84. The van der Waals surface area contributed by atoms with Gasteiger partial charge >= 0.3 is 0 Å². The summed E-state index contributed by atoms with van der Waals surface area (Å²) in [5, 5.41) is 8.97. The number of nitrogens with zero attached hydrogens (tertiary/aromatic N) is 4. The maximum atomic E-state index is 14.2. The molecule has 3 heterocycles. The molecule has 0 spiro atoms. The lowest BCUT2D eigenvalue weighted by Gasteiger charge is -2.41. The van der Waals surface area contributed by atoms with Gasteiger partial charge in [0.05, 0.1) is 11.2 Å². The van der Waals surface area contributed by atoms with E-state index in [2.05, 4.69) is 16.0 Å². The first kappa shape index (κ1) is 19.9. The van der Waals surface area contributed by atoms with E-state index >= 15 is 0 Å². The maximum absolute atomic E-state index is 14.2. The Labute approximate surface area is 179 Å². The van der Waals surface area contributed by atoms with Gasteiger partial charge in [0.15, 0.2) is 0 Å². The molecule has 2 unspecified atom stereocenters. The van der Waals surface area contributed by atoms with Crippen LogP contribution in [0.3, 0.4) is 0 Å². The Bertz CT molecular complexity index is 1030. The van der Waals surface area contributed by atoms with Gasteiger partial charge in [-0.15, -0.1) is 0 Å². The van der Waals surface area contributed by atoms with E-state index in [1.807, 2.05) is 11.0 Å². The lowest BCUT2D eigenvalue weighted by atomic mass is 10.1. The van der Waals surface area contributed by atoms with Crippen LogP contribution in [0.2, 0.25) is 0 Å². The summed E-state index contributed by atoms with van der Waals surface area (Å²) in [5.74, 6) is -0.540. The van der Waals surface area contributed by atoms with E-state index in [0.29, 0.717) is 37.1 Å². The molecule has 0 radical (unpaired) electrons. The highest BCUT2D eigenvalue weighted by molar-refractivity contribution is 5.78. The fraction of sp³-hybridized carbons (Fsp3) is 0.435. The van der Waals surface area contributed by atoms with Gasteiger partial charge in [0.2, 0.25) is 5.91 Å². The molecule has 2 aromatic rings. The topological polar surface area (TPSA) is 69.5 Å². The molecule has 1 aromatic heterocycles. The highest BCUT2D eigenvalue weighted by Gasteiger charge is 2.49. The van der Waals surface area contributed by atoms with Crippen LogP contribution >= 0.6 is 0 Å². The third kappa shape index (κ3) is 3.63. The molecule has 1 aliphatic carbocycles.